The summed E-state index contributed by atoms with van der Waals surface area (Å²) in [6.07, 6.45) is 1.83. The maximum Gasteiger partial charge on any atom is 0.387 e. The standard InChI is InChI=1S/C20H19F2N3O5S/c1-11-15-17(24-10-25(2)18(15)27)31-16(11)19(28)29-9-14(26)23-8-7-12-3-5-13(6-4-12)30-20(21)22/h3-6,10,20H,7-9H2,1-2H3,(H,23,26). The minimum atomic E-state index is -2.88. The van der Waals surface area contributed by atoms with Crippen LogP contribution in [0.2, 0.25) is 0 Å². The van der Waals surface area contributed by atoms with Crippen molar-refractivity contribution in [1.82, 2.24) is 14.9 Å². The number of esters is 1. The molecular formula is C20H19F2N3O5S. The van der Waals surface area contributed by atoms with Crippen molar-refractivity contribution in [3.05, 3.63) is 57.0 Å². The molecule has 0 aliphatic carbocycles. The Labute approximate surface area is 179 Å². The molecule has 1 aromatic carbocycles. The fourth-order valence-electron chi connectivity index (χ4n) is 2.84. The van der Waals surface area contributed by atoms with Crippen molar-refractivity contribution in [3.63, 3.8) is 0 Å². The summed E-state index contributed by atoms with van der Waals surface area (Å²) in [7, 11) is 1.57. The molecule has 0 atom stereocenters. The summed E-state index contributed by atoms with van der Waals surface area (Å²) in [6, 6.07) is 6.07. The first kappa shape index (κ1) is 22.3. The van der Waals surface area contributed by atoms with Crippen LogP contribution in [-0.4, -0.2) is 41.2 Å². The number of amides is 1. The van der Waals surface area contributed by atoms with Crippen molar-refractivity contribution in [2.24, 2.45) is 7.05 Å². The Hall–Kier alpha value is -3.34. The number of aryl methyl sites for hydroxylation is 2. The maximum absolute atomic E-state index is 12.3. The van der Waals surface area contributed by atoms with E-state index in [1.165, 1.54) is 23.0 Å². The Kier molecular flexibility index (Phi) is 6.95. The molecule has 164 valence electrons. The zero-order valence-corrected chi connectivity index (χ0v) is 17.5. The van der Waals surface area contributed by atoms with Crippen LogP contribution in [0.5, 0.6) is 5.75 Å². The highest BCUT2D eigenvalue weighted by Crippen LogP contribution is 2.27. The molecule has 0 saturated heterocycles. The van der Waals surface area contributed by atoms with Gasteiger partial charge in [-0.3, -0.25) is 9.59 Å². The van der Waals surface area contributed by atoms with E-state index in [1.807, 2.05) is 0 Å². The fraction of sp³-hybridized carbons (Fsp3) is 0.300. The Balaban J connectivity index is 1.49. The largest absolute Gasteiger partial charge is 0.451 e. The normalized spacial score (nSPS) is 11.0. The van der Waals surface area contributed by atoms with E-state index in [-0.39, 0.29) is 22.7 Å². The Bertz CT molecular complexity index is 1160. The lowest BCUT2D eigenvalue weighted by molar-refractivity contribution is -0.124. The fourth-order valence-corrected chi connectivity index (χ4v) is 3.87. The number of rotatable bonds is 8. The first-order valence-corrected chi connectivity index (χ1v) is 10.00. The maximum atomic E-state index is 12.3. The molecule has 0 aliphatic rings. The highest BCUT2D eigenvalue weighted by molar-refractivity contribution is 7.20. The second-order valence-corrected chi connectivity index (χ2v) is 7.59. The van der Waals surface area contributed by atoms with Crippen molar-refractivity contribution in [2.75, 3.05) is 13.2 Å². The molecule has 1 N–H and O–H groups in total. The van der Waals surface area contributed by atoms with Gasteiger partial charge < -0.3 is 19.4 Å². The molecule has 2 heterocycles. The smallest absolute Gasteiger partial charge is 0.387 e. The van der Waals surface area contributed by atoms with Crippen molar-refractivity contribution in [1.29, 1.82) is 0 Å². The lowest BCUT2D eigenvalue weighted by Crippen LogP contribution is -2.30. The molecule has 1 amide bonds. The summed E-state index contributed by atoms with van der Waals surface area (Å²) >= 11 is 1.04. The average Bonchev–Trinajstić information content (AvgIpc) is 3.07. The molecule has 0 bridgehead atoms. The van der Waals surface area contributed by atoms with E-state index in [1.54, 1.807) is 26.1 Å². The number of ether oxygens (including phenoxy) is 2. The van der Waals surface area contributed by atoms with Crippen LogP contribution in [0.4, 0.5) is 8.78 Å². The molecule has 3 rings (SSSR count). The first-order chi connectivity index (χ1) is 14.8. The second kappa shape index (κ2) is 9.65. The third-order valence-electron chi connectivity index (χ3n) is 4.41. The molecule has 0 aliphatic heterocycles. The van der Waals surface area contributed by atoms with Crippen LogP contribution in [0.15, 0.2) is 35.4 Å². The molecule has 0 spiro atoms. The van der Waals surface area contributed by atoms with Gasteiger partial charge in [-0.05, 0) is 36.6 Å². The molecular weight excluding hydrogens is 432 g/mol. The number of thiophene rings is 1. The second-order valence-electron chi connectivity index (χ2n) is 6.60. The number of aromatic nitrogens is 2. The highest BCUT2D eigenvalue weighted by Gasteiger charge is 2.20. The predicted octanol–water partition coefficient (Wildman–Crippen LogP) is 2.42. The van der Waals surface area contributed by atoms with Crippen molar-refractivity contribution < 1.29 is 27.8 Å². The van der Waals surface area contributed by atoms with Gasteiger partial charge >= 0.3 is 12.6 Å². The summed E-state index contributed by atoms with van der Waals surface area (Å²) in [5.41, 5.74) is 1.02. The number of hydrogen-bond acceptors (Lipinski definition) is 7. The van der Waals surface area contributed by atoms with Gasteiger partial charge in [-0.2, -0.15) is 8.78 Å². The van der Waals surface area contributed by atoms with E-state index in [2.05, 4.69) is 15.0 Å². The SMILES string of the molecule is Cc1c(C(=O)OCC(=O)NCCc2ccc(OC(F)F)cc2)sc2ncn(C)c(=O)c12. The zero-order chi connectivity index (χ0) is 22.5. The lowest BCUT2D eigenvalue weighted by Gasteiger charge is -2.08. The number of carbonyl (C=O) groups excluding carboxylic acids is 2. The number of alkyl halides is 2. The summed E-state index contributed by atoms with van der Waals surface area (Å²) in [6.45, 7) is -1.45. The van der Waals surface area contributed by atoms with E-state index in [0.717, 1.165) is 16.9 Å². The van der Waals surface area contributed by atoms with Gasteiger partial charge in [0.2, 0.25) is 0 Å². The number of fused-ring (bicyclic) bond motifs is 1. The number of nitrogens with zero attached hydrogens (tertiary/aromatic N) is 2. The van der Waals surface area contributed by atoms with Gasteiger partial charge in [0.25, 0.3) is 11.5 Å². The van der Waals surface area contributed by atoms with Crippen LogP contribution in [0.1, 0.15) is 20.8 Å². The van der Waals surface area contributed by atoms with E-state index in [4.69, 9.17) is 4.74 Å². The number of carbonyl (C=O) groups is 2. The van der Waals surface area contributed by atoms with Gasteiger partial charge in [0.15, 0.2) is 6.61 Å². The molecule has 11 heteroatoms. The Morgan fingerprint density at radius 3 is 2.65 bits per heavy atom. The van der Waals surface area contributed by atoms with Gasteiger partial charge in [0.05, 0.1) is 11.7 Å². The van der Waals surface area contributed by atoms with E-state index in [0.29, 0.717) is 22.2 Å². The molecule has 31 heavy (non-hydrogen) atoms. The van der Waals surface area contributed by atoms with Crippen LogP contribution in [0.3, 0.4) is 0 Å². The van der Waals surface area contributed by atoms with Gasteiger partial charge in [-0.15, -0.1) is 11.3 Å². The molecule has 0 saturated carbocycles. The number of nitrogens with one attached hydrogen (secondary N) is 1. The Morgan fingerprint density at radius 1 is 1.26 bits per heavy atom. The van der Waals surface area contributed by atoms with Crippen LogP contribution < -0.4 is 15.6 Å². The topological polar surface area (TPSA) is 99.5 Å². The van der Waals surface area contributed by atoms with Gasteiger partial charge in [-0.25, -0.2) is 9.78 Å². The third-order valence-corrected chi connectivity index (χ3v) is 5.59. The molecule has 2 aromatic heterocycles. The molecule has 3 aromatic rings. The van der Waals surface area contributed by atoms with Crippen LogP contribution >= 0.6 is 11.3 Å². The zero-order valence-electron chi connectivity index (χ0n) is 16.7. The Morgan fingerprint density at radius 2 is 1.97 bits per heavy atom. The summed E-state index contributed by atoms with van der Waals surface area (Å²) in [5.74, 6) is -1.13. The van der Waals surface area contributed by atoms with Gasteiger partial charge in [0.1, 0.15) is 15.5 Å². The van der Waals surface area contributed by atoms with E-state index >= 15 is 0 Å². The predicted molar refractivity (Wildman–Crippen MR) is 110 cm³/mol. The molecule has 0 unspecified atom stereocenters. The molecule has 0 fully saturated rings. The van der Waals surface area contributed by atoms with Crippen molar-refractivity contribution in [2.45, 2.75) is 20.0 Å². The third kappa shape index (κ3) is 5.43. The summed E-state index contributed by atoms with van der Waals surface area (Å²) in [4.78, 5) is 41.3. The van der Waals surface area contributed by atoms with Crippen molar-refractivity contribution >= 4 is 33.4 Å². The summed E-state index contributed by atoms with van der Waals surface area (Å²) in [5, 5.41) is 2.97. The summed E-state index contributed by atoms with van der Waals surface area (Å²) < 4.78 is 34.9. The van der Waals surface area contributed by atoms with Crippen LogP contribution in [0, 0.1) is 6.92 Å². The van der Waals surface area contributed by atoms with Gasteiger partial charge in [0, 0.05) is 13.6 Å². The van der Waals surface area contributed by atoms with Crippen LogP contribution in [-0.2, 0) is 23.0 Å². The molecule has 8 nitrogen and oxygen atoms in total. The number of halogens is 2. The molecule has 0 radical (unpaired) electrons. The van der Waals surface area contributed by atoms with Crippen molar-refractivity contribution in [3.8, 4) is 5.75 Å². The van der Waals surface area contributed by atoms with Crippen LogP contribution in [0.25, 0.3) is 10.2 Å². The minimum absolute atomic E-state index is 0.0549. The monoisotopic (exact) mass is 451 g/mol. The minimum Gasteiger partial charge on any atom is -0.451 e. The quantitative estimate of drug-likeness (QED) is 0.528. The lowest BCUT2D eigenvalue weighted by atomic mass is 10.1. The number of hydrogen-bond donors (Lipinski definition) is 1. The van der Waals surface area contributed by atoms with E-state index in [9.17, 15) is 23.2 Å². The average molecular weight is 451 g/mol. The first-order valence-electron chi connectivity index (χ1n) is 9.18. The van der Waals surface area contributed by atoms with Gasteiger partial charge in [-0.1, -0.05) is 12.1 Å². The van der Waals surface area contributed by atoms with E-state index < -0.39 is 25.1 Å². The highest BCUT2D eigenvalue weighted by atomic mass is 32.1. The number of benzene rings is 1.